The van der Waals surface area contributed by atoms with Gasteiger partial charge in [0.05, 0.1) is 6.04 Å². The molecule has 0 saturated carbocycles. The van der Waals surface area contributed by atoms with Gasteiger partial charge in [0.1, 0.15) is 0 Å². The Kier molecular flexibility index (Phi) is 4.19. The molecule has 0 radical (unpaired) electrons. The summed E-state index contributed by atoms with van der Waals surface area (Å²) in [6.45, 7) is 7.46. The summed E-state index contributed by atoms with van der Waals surface area (Å²) in [5.74, 6) is 1.25. The van der Waals surface area contributed by atoms with Crippen LogP contribution in [0.5, 0.6) is 0 Å². The number of aromatic nitrogens is 2. The van der Waals surface area contributed by atoms with Gasteiger partial charge in [-0.3, -0.25) is 4.79 Å². The summed E-state index contributed by atoms with van der Waals surface area (Å²) in [6, 6.07) is -0.117. The molecule has 0 aromatic carbocycles. The van der Waals surface area contributed by atoms with E-state index in [9.17, 15) is 4.79 Å². The highest BCUT2D eigenvalue weighted by Gasteiger charge is 2.36. The van der Waals surface area contributed by atoms with Gasteiger partial charge in [0.15, 0.2) is 5.82 Å². The van der Waals surface area contributed by atoms with Crippen molar-refractivity contribution >= 4 is 5.91 Å². The van der Waals surface area contributed by atoms with Crippen LogP contribution in [0.4, 0.5) is 0 Å². The summed E-state index contributed by atoms with van der Waals surface area (Å²) in [7, 11) is 0. The summed E-state index contributed by atoms with van der Waals surface area (Å²) in [4.78, 5) is 16.3. The quantitative estimate of drug-likeness (QED) is 0.843. The molecule has 1 atom stereocenters. The SMILES string of the molecule is Cc1nc(CCNC(=O)C2NCCCC2(C)C)no1. The molecule has 1 aromatic heterocycles. The number of piperidine rings is 1. The Bertz CT molecular complexity index is 442. The van der Waals surface area contributed by atoms with Gasteiger partial charge in [-0.15, -0.1) is 0 Å². The number of hydrogen-bond acceptors (Lipinski definition) is 5. The molecular formula is C13H22N4O2. The van der Waals surface area contributed by atoms with Crippen molar-refractivity contribution in [2.24, 2.45) is 5.41 Å². The Morgan fingerprint density at radius 3 is 3.00 bits per heavy atom. The van der Waals surface area contributed by atoms with E-state index < -0.39 is 0 Å². The first kappa shape index (κ1) is 14.0. The average molecular weight is 266 g/mol. The molecule has 0 bridgehead atoms. The molecule has 1 saturated heterocycles. The molecule has 1 amide bonds. The topological polar surface area (TPSA) is 80.0 Å². The van der Waals surface area contributed by atoms with Crippen LogP contribution in [0.3, 0.4) is 0 Å². The molecule has 106 valence electrons. The summed E-state index contributed by atoms with van der Waals surface area (Å²) in [5.41, 5.74) is 0.00502. The van der Waals surface area contributed by atoms with Gasteiger partial charge in [-0.1, -0.05) is 19.0 Å². The van der Waals surface area contributed by atoms with Crippen LogP contribution in [0, 0.1) is 12.3 Å². The molecule has 1 fully saturated rings. The fraction of sp³-hybridized carbons (Fsp3) is 0.769. The molecular weight excluding hydrogens is 244 g/mol. The Balaban J connectivity index is 1.80. The first-order valence-corrected chi connectivity index (χ1v) is 6.79. The van der Waals surface area contributed by atoms with Crippen LogP contribution in [0.25, 0.3) is 0 Å². The zero-order chi connectivity index (χ0) is 13.9. The summed E-state index contributed by atoms with van der Waals surface area (Å²) in [5, 5.41) is 10.0. The predicted molar refractivity (Wildman–Crippen MR) is 70.6 cm³/mol. The molecule has 1 aliphatic rings. The summed E-state index contributed by atoms with van der Waals surface area (Å²) >= 11 is 0. The van der Waals surface area contributed by atoms with Crippen LogP contribution in [-0.2, 0) is 11.2 Å². The van der Waals surface area contributed by atoms with Gasteiger partial charge >= 0.3 is 0 Å². The molecule has 2 N–H and O–H groups in total. The molecule has 2 heterocycles. The van der Waals surface area contributed by atoms with Crippen LogP contribution in [-0.4, -0.2) is 35.2 Å². The van der Waals surface area contributed by atoms with Gasteiger partial charge in [0, 0.05) is 19.9 Å². The second-order valence-corrected chi connectivity index (χ2v) is 5.75. The highest BCUT2D eigenvalue weighted by Crippen LogP contribution is 2.29. The average Bonchev–Trinajstić information content (AvgIpc) is 2.74. The maximum absolute atomic E-state index is 12.2. The molecule has 1 unspecified atom stereocenters. The van der Waals surface area contributed by atoms with Crippen LogP contribution in [0.15, 0.2) is 4.52 Å². The van der Waals surface area contributed by atoms with E-state index in [1.165, 1.54) is 0 Å². The van der Waals surface area contributed by atoms with Gasteiger partial charge in [0.25, 0.3) is 0 Å². The highest BCUT2D eigenvalue weighted by molar-refractivity contribution is 5.82. The third-order valence-corrected chi connectivity index (χ3v) is 3.61. The van der Waals surface area contributed by atoms with Crippen LogP contribution < -0.4 is 10.6 Å². The molecule has 19 heavy (non-hydrogen) atoms. The van der Waals surface area contributed by atoms with Crippen molar-refractivity contribution in [2.45, 2.75) is 46.1 Å². The number of nitrogens with zero attached hydrogens (tertiary/aromatic N) is 2. The Labute approximate surface area is 113 Å². The first-order valence-electron chi connectivity index (χ1n) is 6.79. The lowest BCUT2D eigenvalue weighted by molar-refractivity contribution is -0.126. The summed E-state index contributed by atoms with van der Waals surface area (Å²) in [6.07, 6.45) is 2.79. The standard InChI is InChI=1S/C13H22N4O2/c1-9-16-10(17-19-9)5-8-15-12(18)11-13(2,3)6-4-7-14-11/h11,14H,4-8H2,1-3H3,(H,15,18). The van der Waals surface area contributed by atoms with Crippen molar-refractivity contribution in [1.29, 1.82) is 0 Å². The molecule has 0 spiro atoms. The van der Waals surface area contributed by atoms with Crippen molar-refractivity contribution in [3.63, 3.8) is 0 Å². The predicted octanol–water partition coefficient (Wildman–Crippen LogP) is 0.815. The Hall–Kier alpha value is -1.43. The van der Waals surface area contributed by atoms with E-state index in [4.69, 9.17) is 4.52 Å². The van der Waals surface area contributed by atoms with E-state index in [2.05, 4.69) is 34.6 Å². The largest absolute Gasteiger partial charge is 0.354 e. The van der Waals surface area contributed by atoms with E-state index >= 15 is 0 Å². The zero-order valence-electron chi connectivity index (χ0n) is 11.8. The third-order valence-electron chi connectivity index (χ3n) is 3.61. The van der Waals surface area contributed by atoms with E-state index in [1.807, 2.05) is 0 Å². The monoisotopic (exact) mass is 266 g/mol. The Morgan fingerprint density at radius 2 is 2.37 bits per heavy atom. The maximum atomic E-state index is 12.2. The minimum Gasteiger partial charge on any atom is -0.354 e. The normalized spacial score (nSPS) is 22.2. The van der Waals surface area contributed by atoms with Gasteiger partial charge in [-0.2, -0.15) is 4.98 Å². The van der Waals surface area contributed by atoms with E-state index in [0.717, 1.165) is 19.4 Å². The number of aryl methyl sites for hydroxylation is 1. The smallest absolute Gasteiger partial charge is 0.237 e. The molecule has 6 nitrogen and oxygen atoms in total. The highest BCUT2D eigenvalue weighted by atomic mass is 16.5. The lowest BCUT2D eigenvalue weighted by Crippen LogP contribution is -2.55. The van der Waals surface area contributed by atoms with Gasteiger partial charge in [-0.05, 0) is 24.8 Å². The summed E-state index contributed by atoms with van der Waals surface area (Å²) < 4.78 is 4.89. The fourth-order valence-corrected chi connectivity index (χ4v) is 2.50. The zero-order valence-corrected chi connectivity index (χ0v) is 11.8. The fourth-order valence-electron chi connectivity index (χ4n) is 2.50. The number of carbonyl (C=O) groups is 1. The molecule has 2 rings (SSSR count). The molecule has 1 aliphatic heterocycles. The van der Waals surface area contributed by atoms with E-state index in [-0.39, 0.29) is 17.4 Å². The first-order chi connectivity index (χ1) is 8.99. The number of rotatable bonds is 4. The van der Waals surface area contributed by atoms with E-state index in [0.29, 0.717) is 24.7 Å². The van der Waals surface area contributed by atoms with Gasteiger partial charge in [-0.25, -0.2) is 0 Å². The third kappa shape index (κ3) is 3.53. The van der Waals surface area contributed by atoms with Crippen LogP contribution >= 0.6 is 0 Å². The Morgan fingerprint density at radius 1 is 1.58 bits per heavy atom. The lowest BCUT2D eigenvalue weighted by atomic mass is 9.77. The second kappa shape index (κ2) is 5.69. The van der Waals surface area contributed by atoms with Gasteiger partial charge in [0.2, 0.25) is 11.8 Å². The van der Waals surface area contributed by atoms with Crippen LogP contribution in [0.2, 0.25) is 0 Å². The van der Waals surface area contributed by atoms with E-state index in [1.54, 1.807) is 6.92 Å². The van der Waals surface area contributed by atoms with Crippen LogP contribution in [0.1, 0.15) is 38.4 Å². The van der Waals surface area contributed by atoms with Crippen molar-refractivity contribution in [2.75, 3.05) is 13.1 Å². The van der Waals surface area contributed by atoms with Crippen molar-refractivity contribution in [3.8, 4) is 0 Å². The number of nitrogens with one attached hydrogen (secondary N) is 2. The maximum Gasteiger partial charge on any atom is 0.237 e. The minimum atomic E-state index is -0.117. The molecule has 6 heteroatoms. The number of carbonyl (C=O) groups excluding carboxylic acids is 1. The lowest BCUT2D eigenvalue weighted by Gasteiger charge is -2.38. The van der Waals surface area contributed by atoms with Crippen molar-refractivity contribution < 1.29 is 9.32 Å². The molecule has 1 aromatic rings. The minimum absolute atomic E-state index is 0.00502. The number of hydrogen-bond donors (Lipinski definition) is 2. The van der Waals surface area contributed by atoms with Gasteiger partial charge < -0.3 is 15.2 Å². The second-order valence-electron chi connectivity index (χ2n) is 5.75. The number of amides is 1. The van der Waals surface area contributed by atoms with Crippen molar-refractivity contribution in [1.82, 2.24) is 20.8 Å². The molecule has 0 aliphatic carbocycles. The van der Waals surface area contributed by atoms with Crippen molar-refractivity contribution in [3.05, 3.63) is 11.7 Å².